The Morgan fingerprint density at radius 2 is 1.88 bits per heavy atom. The monoisotopic (exact) mass is 292 g/mol. The topological polar surface area (TPSA) is 29.5 Å². The van der Waals surface area contributed by atoms with Gasteiger partial charge in [0.25, 0.3) is 0 Å². The number of phenols is 1. The van der Waals surface area contributed by atoms with Gasteiger partial charge >= 0.3 is 0 Å². The van der Waals surface area contributed by atoms with Crippen molar-refractivity contribution in [3.05, 3.63) is 58.1 Å². The first-order valence-corrected chi connectivity index (χ1v) is 6.12. The van der Waals surface area contributed by atoms with E-state index in [2.05, 4.69) is 15.9 Å². The highest BCUT2D eigenvalue weighted by atomic mass is 79.9. The number of rotatable bonds is 3. The molecule has 0 fully saturated rings. The number of hydrogen-bond acceptors (Lipinski definition) is 2. The maximum Gasteiger partial charge on any atom is 0.175 e. The van der Waals surface area contributed by atoms with Crippen LogP contribution in [-0.4, -0.2) is 5.11 Å². The molecule has 17 heavy (non-hydrogen) atoms. The van der Waals surface area contributed by atoms with Gasteiger partial charge in [-0.05, 0) is 46.1 Å². The molecule has 0 atom stereocenters. The van der Waals surface area contributed by atoms with Crippen molar-refractivity contribution in [2.45, 2.75) is 13.5 Å². The third-order valence-electron chi connectivity index (χ3n) is 2.39. The molecule has 0 heterocycles. The second-order valence-electron chi connectivity index (χ2n) is 3.87. The highest BCUT2D eigenvalue weighted by Crippen LogP contribution is 2.36. The molecule has 0 amide bonds. The first-order chi connectivity index (χ1) is 8.16. The van der Waals surface area contributed by atoms with Gasteiger partial charge in [0.05, 0.1) is 4.47 Å². The molecular weight excluding hydrogens is 280 g/mol. The van der Waals surface area contributed by atoms with E-state index in [-0.39, 0.29) is 5.75 Å². The van der Waals surface area contributed by atoms with Gasteiger partial charge in [-0.2, -0.15) is 0 Å². The molecule has 0 aliphatic carbocycles. The van der Waals surface area contributed by atoms with Crippen LogP contribution in [0, 0.1) is 6.92 Å². The summed E-state index contributed by atoms with van der Waals surface area (Å²) in [6.45, 7) is 2.36. The van der Waals surface area contributed by atoms with Crippen LogP contribution in [0.4, 0.5) is 0 Å². The van der Waals surface area contributed by atoms with E-state index < -0.39 is 0 Å². The van der Waals surface area contributed by atoms with Crippen LogP contribution in [0.2, 0.25) is 0 Å². The van der Waals surface area contributed by atoms with Gasteiger partial charge in [-0.25, -0.2) is 0 Å². The highest BCUT2D eigenvalue weighted by Gasteiger charge is 2.08. The fourth-order valence-electron chi connectivity index (χ4n) is 1.58. The molecule has 0 saturated heterocycles. The van der Waals surface area contributed by atoms with Gasteiger partial charge in [-0.3, -0.25) is 0 Å². The van der Waals surface area contributed by atoms with Gasteiger partial charge in [0.2, 0.25) is 0 Å². The van der Waals surface area contributed by atoms with Crippen LogP contribution < -0.4 is 4.74 Å². The van der Waals surface area contributed by atoms with E-state index in [1.165, 1.54) is 0 Å². The van der Waals surface area contributed by atoms with E-state index in [0.717, 1.165) is 15.6 Å². The SMILES string of the molecule is Cc1cc(O)c(OCc2ccccc2)c(Br)c1. The van der Waals surface area contributed by atoms with Crippen LogP contribution >= 0.6 is 15.9 Å². The molecule has 1 N–H and O–H groups in total. The number of aryl methyl sites for hydroxylation is 1. The van der Waals surface area contributed by atoms with Crippen molar-refractivity contribution < 1.29 is 9.84 Å². The number of hydrogen-bond donors (Lipinski definition) is 1. The summed E-state index contributed by atoms with van der Waals surface area (Å²) in [6, 6.07) is 13.5. The molecule has 0 radical (unpaired) electrons. The van der Waals surface area contributed by atoms with Crippen molar-refractivity contribution in [3.8, 4) is 11.5 Å². The molecule has 88 valence electrons. The zero-order valence-corrected chi connectivity index (χ0v) is 11.1. The minimum Gasteiger partial charge on any atom is -0.504 e. The molecule has 2 aromatic rings. The van der Waals surface area contributed by atoms with Gasteiger partial charge in [0, 0.05) is 0 Å². The van der Waals surface area contributed by atoms with Crippen molar-refractivity contribution in [1.29, 1.82) is 0 Å². The first-order valence-electron chi connectivity index (χ1n) is 5.32. The summed E-state index contributed by atoms with van der Waals surface area (Å²) >= 11 is 3.39. The minimum absolute atomic E-state index is 0.160. The summed E-state index contributed by atoms with van der Waals surface area (Å²) in [6.07, 6.45) is 0. The van der Waals surface area contributed by atoms with Crippen LogP contribution in [0.25, 0.3) is 0 Å². The smallest absolute Gasteiger partial charge is 0.175 e. The second kappa shape index (κ2) is 5.23. The molecule has 0 aromatic heterocycles. The number of halogens is 1. The first kappa shape index (κ1) is 12.0. The number of benzene rings is 2. The lowest BCUT2D eigenvalue weighted by Crippen LogP contribution is -1.96. The zero-order valence-electron chi connectivity index (χ0n) is 9.48. The Labute approximate surface area is 109 Å². The van der Waals surface area contributed by atoms with Crippen molar-refractivity contribution >= 4 is 15.9 Å². The lowest BCUT2D eigenvalue weighted by atomic mass is 10.2. The highest BCUT2D eigenvalue weighted by molar-refractivity contribution is 9.10. The third kappa shape index (κ3) is 3.01. The fourth-order valence-corrected chi connectivity index (χ4v) is 2.26. The molecular formula is C14H13BrO2. The van der Waals surface area contributed by atoms with Crippen molar-refractivity contribution in [2.75, 3.05) is 0 Å². The van der Waals surface area contributed by atoms with E-state index in [0.29, 0.717) is 12.4 Å². The maximum atomic E-state index is 9.80. The largest absolute Gasteiger partial charge is 0.504 e. The van der Waals surface area contributed by atoms with Gasteiger partial charge in [0.1, 0.15) is 6.61 Å². The normalized spacial score (nSPS) is 10.2. The summed E-state index contributed by atoms with van der Waals surface area (Å²) < 4.78 is 6.38. The zero-order chi connectivity index (χ0) is 12.3. The Morgan fingerprint density at radius 3 is 2.53 bits per heavy atom. The average Bonchev–Trinajstić information content (AvgIpc) is 2.29. The Hall–Kier alpha value is -1.48. The summed E-state index contributed by atoms with van der Waals surface area (Å²) in [5, 5.41) is 9.80. The maximum absolute atomic E-state index is 9.80. The van der Waals surface area contributed by atoms with Crippen molar-refractivity contribution in [1.82, 2.24) is 0 Å². The molecule has 2 rings (SSSR count). The van der Waals surface area contributed by atoms with Gasteiger partial charge in [-0.15, -0.1) is 0 Å². The Bertz CT molecular complexity index is 486. The fraction of sp³-hybridized carbons (Fsp3) is 0.143. The molecule has 3 heteroatoms. The summed E-state index contributed by atoms with van der Waals surface area (Å²) in [4.78, 5) is 0. The standard InChI is InChI=1S/C14H13BrO2/c1-10-7-12(15)14(13(16)8-10)17-9-11-5-3-2-4-6-11/h2-8,16H,9H2,1H3. The number of aromatic hydroxyl groups is 1. The molecule has 2 aromatic carbocycles. The quantitative estimate of drug-likeness (QED) is 0.925. The van der Waals surface area contributed by atoms with Gasteiger partial charge in [0.15, 0.2) is 11.5 Å². The lowest BCUT2D eigenvalue weighted by Gasteiger charge is -2.10. The van der Waals surface area contributed by atoms with E-state index in [1.54, 1.807) is 6.07 Å². The van der Waals surface area contributed by atoms with E-state index in [1.807, 2.05) is 43.3 Å². The Balaban J connectivity index is 2.15. The molecule has 2 nitrogen and oxygen atoms in total. The summed E-state index contributed by atoms with van der Waals surface area (Å²) in [5.41, 5.74) is 2.06. The van der Waals surface area contributed by atoms with Crippen LogP contribution in [0.3, 0.4) is 0 Å². The molecule has 0 spiro atoms. The number of phenolic OH excluding ortho intramolecular Hbond substituents is 1. The Morgan fingerprint density at radius 1 is 1.18 bits per heavy atom. The molecule has 0 saturated carbocycles. The lowest BCUT2D eigenvalue weighted by molar-refractivity contribution is 0.287. The number of ether oxygens (including phenoxy) is 1. The predicted molar refractivity (Wildman–Crippen MR) is 71.3 cm³/mol. The summed E-state index contributed by atoms with van der Waals surface area (Å²) in [5.74, 6) is 0.646. The third-order valence-corrected chi connectivity index (χ3v) is 2.98. The molecule has 0 bridgehead atoms. The molecule has 0 aliphatic rings. The van der Waals surface area contributed by atoms with Crippen molar-refractivity contribution in [3.63, 3.8) is 0 Å². The van der Waals surface area contributed by atoms with Crippen molar-refractivity contribution in [2.24, 2.45) is 0 Å². The molecule has 0 aliphatic heterocycles. The van der Waals surface area contributed by atoms with E-state index >= 15 is 0 Å². The second-order valence-corrected chi connectivity index (χ2v) is 4.72. The van der Waals surface area contributed by atoms with Crippen LogP contribution in [-0.2, 0) is 6.61 Å². The summed E-state index contributed by atoms with van der Waals surface area (Å²) in [7, 11) is 0. The average molecular weight is 293 g/mol. The minimum atomic E-state index is 0.160. The Kier molecular flexibility index (Phi) is 3.69. The van der Waals surface area contributed by atoms with Gasteiger partial charge < -0.3 is 9.84 Å². The van der Waals surface area contributed by atoms with E-state index in [4.69, 9.17) is 4.74 Å². The van der Waals surface area contributed by atoms with E-state index in [9.17, 15) is 5.11 Å². The van der Waals surface area contributed by atoms with Crippen LogP contribution in [0.15, 0.2) is 46.9 Å². The van der Waals surface area contributed by atoms with Gasteiger partial charge in [-0.1, -0.05) is 30.3 Å². The van der Waals surface area contributed by atoms with Crippen LogP contribution in [0.1, 0.15) is 11.1 Å². The van der Waals surface area contributed by atoms with Crippen LogP contribution in [0.5, 0.6) is 11.5 Å². The molecule has 0 unspecified atom stereocenters. The predicted octanol–water partition coefficient (Wildman–Crippen LogP) is 4.04.